The minimum atomic E-state index is -0.129. The summed E-state index contributed by atoms with van der Waals surface area (Å²) in [5.74, 6) is 3.01. The van der Waals surface area contributed by atoms with Gasteiger partial charge in [0.15, 0.2) is 0 Å². The first kappa shape index (κ1) is 23.4. The van der Waals surface area contributed by atoms with Crippen LogP contribution in [0.3, 0.4) is 0 Å². The highest BCUT2D eigenvalue weighted by Crippen LogP contribution is 2.41. The summed E-state index contributed by atoms with van der Waals surface area (Å²) >= 11 is 0. The van der Waals surface area contributed by atoms with Gasteiger partial charge in [0.2, 0.25) is 0 Å². The highest BCUT2D eigenvalue weighted by Gasteiger charge is 2.28. The summed E-state index contributed by atoms with van der Waals surface area (Å²) in [6, 6.07) is 8.36. The lowest BCUT2D eigenvalue weighted by molar-refractivity contribution is 0.0161. The Balaban J connectivity index is 1.45. The van der Waals surface area contributed by atoms with Gasteiger partial charge >= 0.3 is 5.97 Å². The van der Waals surface area contributed by atoms with Crippen molar-refractivity contribution >= 4 is 5.97 Å². The average Bonchev–Trinajstić information content (AvgIpc) is 2.76. The average molecular weight is 413 g/mol. The van der Waals surface area contributed by atoms with E-state index in [1.54, 1.807) is 0 Å². The maximum atomic E-state index is 12.6. The van der Waals surface area contributed by atoms with E-state index in [1.165, 1.54) is 76.2 Å². The molecule has 2 heteroatoms. The Morgan fingerprint density at radius 2 is 1.57 bits per heavy atom. The topological polar surface area (TPSA) is 26.3 Å². The molecule has 3 rings (SSSR count). The molecular formula is C28H44O2. The van der Waals surface area contributed by atoms with Crippen LogP contribution in [0, 0.1) is 17.8 Å². The monoisotopic (exact) mass is 412 g/mol. The minimum absolute atomic E-state index is 0.119. The molecule has 0 radical (unpaired) electrons. The van der Waals surface area contributed by atoms with Gasteiger partial charge in [-0.1, -0.05) is 71.4 Å². The standard InChI is InChI=1S/C28H44O2/c1-4-6-7-9-22-10-17-26(18-11-22)30-28(29)25-15-13-24(14-16-25)27-19-12-23(8-5-2)20-21(27)3/h13-16,21-23,26-27H,4-12,17-20H2,1-3H3/t21?,22-,23?,26-,27?. The molecule has 0 aliphatic heterocycles. The van der Waals surface area contributed by atoms with Crippen LogP contribution in [0.4, 0.5) is 0 Å². The maximum Gasteiger partial charge on any atom is 0.338 e. The first-order chi connectivity index (χ1) is 14.6. The molecule has 2 saturated carbocycles. The zero-order valence-electron chi connectivity index (χ0n) is 19.7. The maximum absolute atomic E-state index is 12.6. The van der Waals surface area contributed by atoms with Crippen molar-refractivity contribution < 1.29 is 9.53 Å². The fourth-order valence-corrected chi connectivity index (χ4v) is 5.98. The van der Waals surface area contributed by atoms with Crippen molar-refractivity contribution in [3.63, 3.8) is 0 Å². The van der Waals surface area contributed by atoms with Gasteiger partial charge in [0.1, 0.15) is 6.10 Å². The van der Waals surface area contributed by atoms with Crippen LogP contribution in [0.25, 0.3) is 0 Å². The largest absolute Gasteiger partial charge is 0.459 e. The zero-order valence-corrected chi connectivity index (χ0v) is 19.7. The predicted octanol–water partition coefficient (Wildman–Crippen LogP) is 8.30. The lowest BCUT2D eigenvalue weighted by Crippen LogP contribution is -2.24. The van der Waals surface area contributed by atoms with E-state index in [4.69, 9.17) is 4.74 Å². The van der Waals surface area contributed by atoms with Crippen LogP contribution in [0.1, 0.15) is 126 Å². The van der Waals surface area contributed by atoms with Crippen molar-refractivity contribution in [2.24, 2.45) is 17.8 Å². The van der Waals surface area contributed by atoms with Crippen molar-refractivity contribution in [3.05, 3.63) is 35.4 Å². The van der Waals surface area contributed by atoms with Crippen molar-refractivity contribution in [3.8, 4) is 0 Å². The summed E-state index contributed by atoms with van der Waals surface area (Å²) in [5.41, 5.74) is 2.12. The first-order valence-corrected chi connectivity index (χ1v) is 12.9. The van der Waals surface area contributed by atoms with Crippen LogP contribution in [0.2, 0.25) is 0 Å². The molecule has 2 aliphatic carbocycles. The van der Waals surface area contributed by atoms with E-state index in [2.05, 4.69) is 32.9 Å². The molecule has 3 atom stereocenters. The molecular weight excluding hydrogens is 368 g/mol. The van der Waals surface area contributed by atoms with Crippen LogP contribution in [0.5, 0.6) is 0 Å². The summed E-state index contributed by atoms with van der Waals surface area (Å²) in [6.45, 7) is 6.97. The zero-order chi connectivity index (χ0) is 21.3. The number of hydrogen-bond acceptors (Lipinski definition) is 2. The van der Waals surface area contributed by atoms with Gasteiger partial charge in [-0.2, -0.15) is 0 Å². The van der Waals surface area contributed by atoms with Crippen molar-refractivity contribution in [2.45, 2.75) is 116 Å². The molecule has 2 nitrogen and oxygen atoms in total. The van der Waals surface area contributed by atoms with E-state index in [-0.39, 0.29) is 12.1 Å². The van der Waals surface area contributed by atoms with Crippen molar-refractivity contribution in [1.29, 1.82) is 0 Å². The van der Waals surface area contributed by atoms with Crippen molar-refractivity contribution in [1.82, 2.24) is 0 Å². The predicted molar refractivity (Wildman–Crippen MR) is 126 cm³/mol. The molecule has 0 heterocycles. The molecule has 0 aromatic heterocycles. The third kappa shape index (κ3) is 6.59. The number of ether oxygens (including phenoxy) is 1. The van der Waals surface area contributed by atoms with Crippen molar-refractivity contribution in [2.75, 3.05) is 0 Å². The molecule has 2 fully saturated rings. The first-order valence-electron chi connectivity index (χ1n) is 12.9. The summed E-state index contributed by atoms with van der Waals surface area (Å²) in [5, 5.41) is 0. The van der Waals surface area contributed by atoms with E-state index in [1.807, 2.05) is 12.1 Å². The van der Waals surface area contributed by atoms with Gasteiger partial charge in [-0.25, -0.2) is 4.79 Å². The van der Waals surface area contributed by atoms with Gasteiger partial charge in [0, 0.05) is 0 Å². The van der Waals surface area contributed by atoms with Gasteiger partial charge in [0.05, 0.1) is 5.56 Å². The molecule has 3 unspecified atom stereocenters. The van der Waals surface area contributed by atoms with E-state index in [0.29, 0.717) is 5.92 Å². The number of carbonyl (C=O) groups excluding carboxylic acids is 1. The van der Waals surface area contributed by atoms with E-state index in [9.17, 15) is 4.79 Å². The lowest BCUT2D eigenvalue weighted by Gasteiger charge is -2.34. The number of benzene rings is 1. The van der Waals surface area contributed by atoms with E-state index in [0.717, 1.165) is 36.2 Å². The second-order valence-corrected chi connectivity index (χ2v) is 10.2. The minimum Gasteiger partial charge on any atom is -0.459 e. The van der Waals surface area contributed by atoms with Crippen LogP contribution < -0.4 is 0 Å². The Kier molecular flexibility index (Phi) is 9.27. The summed E-state index contributed by atoms with van der Waals surface area (Å²) in [7, 11) is 0. The quantitative estimate of drug-likeness (QED) is 0.301. The smallest absolute Gasteiger partial charge is 0.338 e. The van der Waals surface area contributed by atoms with Crippen LogP contribution in [-0.4, -0.2) is 12.1 Å². The highest BCUT2D eigenvalue weighted by molar-refractivity contribution is 5.89. The Hall–Kier alpha value is -1.31. The fraction of sp³-hybridized carbons (Fsp3) is 0.750. The number of hydrogen-bond donors (Lipinski definition) is 0. The van der Waals surface area contributed by atoms with Gasteiger partial charge < -0.3 is 4.74 Å². The molecule has 1 aromatic rings. The Labute approximate surface area is 185 Å². The molecule has 2 aliphatic rings. The van der Waals surface area contributed by atoms with E-state index < -0.39 is 0 Å². The van der Waals surface area contributed by atoms with Crippen LogP contribution in [0.15, 0.2) is 24.3 Å². The highest BCUT2D eigenvalue weighted by atomic mass is 16.5. The lowest BCUT2D eigenvalue weighted by atomic mass is 9.71. The molecule has 1 aromatic carbocycles. The molecule has 0 spiro atoms. The second kappa shape index (κ2) is 11.9. The molecule has 0 bridgehead atoms. The molecule has 30 heavy (non-hydrogen) atoms. The second-order valence-electron chi connectivity index (χ2n) is 10.2. The SMILES string of the molecule is CCCCC[C@H]1CC[C@H](OC(=O)c2ccc(C3CCC(CCC)CC3C)cc2)CC1. The van der Waals surface area contributed by atoms with Crippen LogP contribution in [-0.2, 0) is 4.74 Å². The van der Waals surface area contributed by atoms with Gasteiger partial charge in [-0.05, 0) is 86.3 Å². The Morgan fingerprint density at radius 1 is 0.867 bits per heavy atom. The summed E-state index contributed by atoms with van der Waals surface area (Å²) in [4.78, 5) is 12.6. The number of rotatable bonds is 9. The molecule has 0 amide bonds. The van der Waals surface area contributed by atoms with E-state index >= 15 is 0 Å². The molecule has 168 valence electrons. The summed E-state index contributed by atoms with van der Waals surface area (Å²) in [6.07, 6.45) is 16.7. The van der Waals surface area contributed by atoms with Gasteiger partial charge in [0.25, 0.3) is 0 Å². The number of carbonyl (C=O) groups is 1. The Morgan fingerprint density at radius 3 is 2.20 bits per heavy atom. The van der Waals surface area contributed by atoms with Gasteiger partial charge in [-0.15, -0.1) is 0 Å². The Bertz CT molecular complexity index is 627. The number of esters is 1. The normalized spacial score (nSPS) is 29.5. The molecule has 0 N–H and O–H groups in total. The fourth-order valence-electron chi connectivity index (χ4n) is 5.98. The van der Waals surface area contributed by atoms with Crippen LogP contribution >= 0.6 is 0 Å². The molecule has 0 saturated heterocycles. The summed E-state index contributed by atoms with van der Waals surface area (Å²) < 4.78 is 5.86. The number of unbranched alkanes of at least 4 members (excludes halogenated alkanes) is 2. The third-order valence-corrected chi connectivity index (χ3v) is 7.83. The van der Waals surface area contributed by atoms with Gasteiger partial charge in [-0.3, -0.25) is 0 Å². The third-order valence-electron chi connectivity index (χ3n) is 7.83.